The van der Waals surface area contributed by atoms with Crippen molar-refractivity contribution in [3.63, 3.8) is 0 Å². The van der Waals surface area contributed by atoms with Crippen molar-refractivity contribution in [2.75, 3.05) is 13.2 Å². The Bertz CT molecular complexity index is 1730. The van der Waals surface area contributed by atoms with Crippen molar-refractivity contribution in [1.29, 1.82) is 0 Å². The first-order chi connectivity index (χ1) is 31.6. The van der Waals surface area contributed by atoms with Crippen molar-refractivity contribution < 1.29 is 73.2 Å². The summed E-state index contributed by atoms with van der Waals surface area (Å²) in [5.41, 5.74) is 11.5. The largest absolute Gasteiger partial charge is 0.481 e. The van der Waals surface area contributed by atoms with Crippen LogP contribution < -0.4 is 54.0 Å². The number of amides is 8. The predicted octanol–water partition coefficient (Wildman–Crippen LogP) is -2.69. The molecule has 0 aromatic rings. The van der Waals surface area contributed by atoms with Gasteiger partial charge in [-0.05, 0) is 83.1 Å². The van der Waals surface area contributed by atoms with E-state index in [0.717, 1.165) is 0 Å². The van der Waals surface area contributed by atoms with Crippen LogP contribution in [0, 0.1) is 17.8 Å². The highest BCUT2D eigenvalue weighted by Gasteiger charge is 2.35. The summed E-state index contributed by atoms with van der Waals surface area (Å²) in [5.74, 6) is -12.0. The van der Waals surface area contributed by atoms with Gasteiger partial charge in [0.15, 0.2) is 0 Å². The minimum Gasteiger partial charge on any atom is -0.481 e. The van der Waals surface area contributed by atoms with Crippen LogP contribution in [0.25, 0.3) is 0 Å². The van der Waals surface area contributed by atoms with Crippen LogP contribution in [0.1, 0.15) is 120 Å². The Morgan fingerprint density at radius 2 is 0.735 bits per heavy atom. The number of nitrogens with two attached hydrogens (primary N) is 2. The molecule has 0 saturated heterocycles. The van der Waals surface area contributed by atoms with Gasteiger partial charge in [0, 0.05) is 12.8 Å². The second-order valence-corrected chi connectivity index (χ2v) is 18.0. The molecule has 0 rings (SSSR count). The van der Waals surface area contributed by atoms with Crippen LogP contribution in [-0.4, -0.2) is 153 Å². The van der Waals surface area contributed by atoms with E-state index in [1.54, 1.807) is 41.5 Å². The lowest BCUT2D eigenvalue weighted by Crippen LogP contribution is -2.60. The number of carbonyl (C=O) groups excluding carboxylic acids is 8. The summed E-state index contributed by atoms with van der Waals surface area (Å²) in [4.78, 5) is 141. The molecule has 0 radical (unpaired) electrons. The Morgan fingerprint density at radius 1 is 0.412 bits per heavy atom. The van der Waals surface area contributed by atoms with Crippen molar-refractivity contribution in [2.45, 2.75) is 174 Å². The summed E-state index contributed by atoms with van der Waals surface area (Å²) in [7, 11) is 0. The van der Waals surface area contributed by atoms with Gasteiger partial charge < -0.3 is 74.4 Å². The molecule has 8 amide bonds. The molecule has 68 heavy (non-hydrogen) atoms. The third-order valence-corrected chi connectivity index (χ3v) is 10.2. The highest BCUT2D eigenvalue weighted by atomic mass is 16.4. The fraction of sp³-hybridized carbons (Fsp3) is 0.744. The first kappa shape index (κ1) is 62.1. The van der Waals surface area contributed by atoms with E-state index in [2.05, 4.69) is 42.5 Å². The van der Waals surface area contributed by atoms with Gasteiger partial charge in [-0.2, -0.15) is 0 Å². The molecule has 0 spiro atoms. The van der Waals surface area contributed by atoms with E-state index >= 15 is 0 Å². The number of nitrogens with one attached hydrogen (secondary N) is 8. The number of carbonyl (C=O) groups is 11. The third kappa shape index (κ3) is 25.3. The quantitative estimate of drug-likeness (QED) is 0.0292. The summed E-state index contributed by atoms with van der Waals surface area (Å²) in [5, 5.41) is 57.5. The molecule has 0 fully saturated rings. The molecule has 0 saturated carbocycles. The molecule has 0 heterocycles. The Balaban J connectivity index is 6.25. The van der Waals surface area contributed by atoms with Crippen LogP contribution >= 0.6 is 0 Å². The van der Waals surface area contributed by atoms with Crippen molar-refractivity contribution in [3.05, 3.63) is 0 Å². The number of hydrogen-bond acceptors (Lipinski definition) is 14. The summed E-state index contributed by atoms with van der Waals surface area (Å²) in [6.45, 7) is 12.3. The van der Waals surface area contributed by atoms with Crippen molar-refractivity contribution >= 4 is 65.2 Å². The molecule has 0 aliphatic rings. The van der Waals surface area contributed by atoms with Crippen LogP contribution in [0.15, 0.2) is 0 Å². The summed E-state index contributed by atoms with van der Waals surface area (Å²) in [6, 6.07) is -12.5. The van der Waals surface area contributed by atoms with E-state index in [1.165, 1.54) is 13.8 Å². The van der Waals surface area contributed by atoms with Crippen LogP contribution in [0.5, 0.6) is 0 Å². The Kier molecular flexibility index (Phi) is 29.1. The number of aliphatic carboxylic acids is 3. The molecule has 0 unspecified atom stereocenters. The molecule has 25 nitrogen and oxygen atoms in total. The smallest absolute Gasteiger partial charge is 0.326 e. The number of unbranched alkanes of at least 4 members (excludes halogenated alkanes) is 1. The first-order valence-electron chi connectivity index (χ1n) is 22.8. The standard InChI is InChI=1S/C43H76N10O15/c1-21(2)17-29(50-37(61)26(45)11-9-10-16-44)41(65)53-32(20-54)42(66)49-28(13-15-34(57)58)39(63)51-30(18-22(3)4)40(64)48-27(12-14-33(55)56)38(62)47-24(7)35(59)46-25(8)36(60)52-31(43(67)68)19-23(5)6/h21-32,54H,9-20,44-45H2,1-8H3,(H,46,59)(H,47,62)(H,48,64)(H,49,66)(H,50,61)(H,51,63)(H,52,60)(H,53,65)(H,55,56)(H,57,58)(H,67,68)/t24-,25-,26-,27-,28-,29-,30-,31-,32-/m0/s1. The maximum Gasteiger partial charge on any atom is 0.326 e. The lowest BCUT2D eigenvalue weighted by atomic mass is 10.0. The number of rotatable bonds is 34. The van der Waals surface area contributed by atoms with Crippen molar-refractivity contribution in [2.24, 2.45) is 29.2 Å². The molecule has 25 heteroatoms. The van der Waals surface area contributed by atoms with E-state index in [9.17, 15) is 73.2 Å². The Morgan fingerprint density at radius 3 is 1.13 bits per heavy atom. The van der Waals surface area contributed by atoms with Crippen LogP contribution in [0.3, 0.4) is 0 Å². The monoisotopic (exact) mass is 973 g/mol. The SMILES string of the molecule is CC(C)C[C@H](NC(=O)[C@H](C)NC(=O)[C@H](C)NC(=O)[C@H](CCC(=O)O)NC(=O)[C@H](CC(C)C)NC(=O)[C@H](CCC(=O)O)NC(=O)[C@H](CO)NC(=O)[C@H](CC(C)C)NC(=O)[C@@H](N)CCCCN)C(=O)O. The second-order valence-electron chi connectivity index (χ2n) is 18.0. The van der Waals surface area contributed by atoms with Gasteiger partial charge in [0.05, 0.1) is 12.6 Å². The Labute approximate surface area is 396 Å². The van der Waals surface area contributed by atoms with Gasteiger partial charge in [-0.25, -0.2) is 4.79 Å². The van der Waals surface area contributed by atoms with E-state index in [0.29, 0.717) is 25.8 Å². The fourth-order valence-corrected chi connectivity index (χ4v) is 6.45. The van der Waals surface area contributed by atoms with Crippen molar-refractivity contribution in [1.82, 2.24) is 42.5 Å². The zero-order chi connectivity index (χ0) is 52.4. The van der Waals surface area contributed by atoms with Gasteiger partial charge in [-0.3, -0.25) is 47.9 Å². The number of hydrogen-bond donors (Lipinski definition) is 14. The van der Waals surface area contributed by atoms with Gasteiger partial charge in [-0.1, -0.05) is 48.0 Å². The predicted molar refractivity (Wildman–Crippen MR) is 245 cm³/mol. The van der Waals surface area contributed by atoms with E-state index in [-0.39, 0.29) is 37.0 Å². The lowest BCUT2D eigenvalue weighted by molar-refractivity contribution is -0.143. The average Bonchev–Trinajstić information content (AvgIpc) is 3.23. The molecule has 0 bridgehead atoms. The number of aliphatic hydroxyl groups is 1. The van der Waals surface area contributed by atoms with Gasteiger partial charge in [-0.15, -0.1) is 0 Å². The summed E-state index contributed by atoms with van der Waals surface area (Å²) in [6.07, 6.45) is -0.731. The molecular formula is C43H76N10O15. The van der Waals surface area contributed by atoms with Gasteiger partial charge in [0.2, 0.25) is 47.3 Å². The first-order valence-corrected chi connectivity index (χ1v) is 22.8. The number of aliphatic hydroxyl groups excluding tert-OH is 1. The summed E-state index contributed by atoms with van der Waals surface area (Å²) < 4.78 is 0. The maximum atomic E-state index is 13.8. The summed E-state index contributed by atoms with van der Waals surface area (Å²) >= 11 is 0. The van der Waals surface area contributed by atoms with Gasteiger partial charge in [0.25, 0.3) is 0 Å². The van der Waals surface area contributed by atoms with Gasteiger partial charge in [0.1, 0.15) is 48.3 Å². The highest BCUT2D eigenvalue weighted by Crippen LogP contribution is 2.11. The molecule has 16 N–H and O–H groups in total. The molecular weight excluding hydrogens is 897 g/mol. The zero-order valence-corrected chi connectivity index (χ0v) is 40.3. The van der Waals surface area contributed by atoms with E-state index in [1.807, 2.05) is 0 Å². The minimum absolute atomic E-state index is 0.0789. The van der Waals surface area contributed by atoms with E-state index < -0.39 is 152 Å². The van der Waals surface area contributed by atoms with Crippen LogP contribution in [-0.2, 0) is 52.7 Å². The molecule has 0 aliphatic heterocycles. The van der Waals surface area contributed by atoms with Crippen LogP contribution in [0.4, 0.5) is 0 Å². The van der Waals surface area contributed by atoms with Crippen molar-refractivity contribution in [3.8, 4) is 0 Å². The number of carboxylic acid groups (broad SMARTS) is 3. The van der Waals surface area contributed by atoms with Crippen LogP contribution in [0.2, 0.25) is 0 Å². The molecule has 0 aliphatic carbocycles. The van der Waals surface area contributed by atoms with Gasteiger partial charge >= 0.3 is 17.9 Å². The van der Waals surface area contributed by atoms with E-state index in [4.69, 9.17) is 11.5 Å². The molecule has 0 aromatic carbocycles. The minimum atomic E-state index is -1.71. The Hall–Kier alpha value is -5.95. The number of carboxylic acids is 3. The zero-order valence-electron chi connectivity index (χ0n) is 40.3. The fourth-order valence-electron chi connectivity index (χ4n) is 6.45. The maximum absolute atomic E-state index is 13.8. The topological polar surface area (TPSA) is 417 Å². The average molecular weight is 973 g/mol. The normalized spacial score (nSPS) is 15.2. The third-order valence-electron chi connectivity index (χ3n) is 10.2. The molecule has 9 atom stereocenters. The second kappa shape index (κ2) is 31.9. The molecule has 0 aromatic heterocycles. The highest BCUT2D eigenvalue weighted by molar-refractivity contribution is 5.98. The molecule has 388 valence electrons. The lowest BCUT2D eigenvalue weighted by Gasteiger charge is -2.28.